The fourth-order valence-corrected chi connectivity index (χ4v) is 10.8. The van der Waals surface area contributed by atoms with Gasteiger partial charge in [0, 0.05) is 80.0 Å². The first kappa shape index (κ1) is 43.7. The summed E-state index contributed by atoms with van der Waals surface area (Å²) in [6.07, 6.45) is 15.3. The summed E-state index contributed by atoms with van der Waals surface area (Å²) in [4.78, 5) is 59.7. The van der Waals surface area contributed by atoms with Crippen molar-refractivity contribution in [2.45, 2.75) is 75.9 Å². The Kier molecular flexibility index (Phi) is 12.1. The van der Waals surface area contributed by atoms with Crippen molar-refractivity contribution < 1.29 is 33.0 Å². The molecule has 3 N–H and O–H groups in total. The molecule has 342 valence electrons. The van der Waals surface area contributed by atoms with Crippen LogP contribution in [-0.2, 0) is 4.79 Å². The Hall–Kier alpha value is -6.15. The van der Waals surface area contributed by atoms with Gasteiger partial charge >= 0.3 is 12.0 Å². The highest BCUT2D eigenvalue weighted by molar-refractivity contribution is 6.34. The molecule has 7 heterocycles. The molecule has 2 aromatic heterocycles. The molecule has 0 aliphatic carbocycles. The number of nitrogens with one attached hydrogen (secondary N) is 2. The molecule has 2 bridgehead atoms. The standard InChI is InChI=1S/C49H50ClF2N9O5/c1-2-35-39(51)12-8-29-21-34(62)23-36(42(29)35)44-43(52)45-37(24-53-44)46(60-25-31-9-10-32(26-60)54-31)57-48(56-45)66-27-33-6-4-17-58(33)16-3-5-28-13-18-59(19-14-28)47(64)30-7-11-38(50)40(22-30)61-20-15-41(63)55-49(61)65/h1,7-8,11-12,21-24,28,31-33,54,62H,3-6,9-10,13-20,25-27H2,(H,55,63,65)/t31?,32?,33-/m0/s1. The van der Waals surface area contributed by atoms with Crippen LogP contribution < -0.4 is 25.2 Å². The first-order valence-corrected chi connectivity index (χ1v) is 23.3. The summed E-state index contributed by atoms with van der Waals surface area (Å²) in [5, 5.41) is 18.1. The van der Waals surface area contributed by atoms with E-state index in [-0.39, 0.29) is 82.4 Å². The van der Waals surface area contributed by atoms with Crippen molar-refractivity contribution in [1.29, 1.82) is 0 Å². The number of pyridine rings is 1. The number of piperazine rings is 1. The Morgan fingerprint density at radius 2 is 1.79 bits per heavy atom. The zero-order valence-corrected chi connectivity index (χ0v) is 37.1. The lowest BCUT2D eigenvalue weighted by Gasteiger charge is -2.34. The first-order chi connectivity index (χ1) is 32.0. The second-order valence-corrected chi connectivity index (χ2v) is 18.6. The van der Waals surface area contributed by atoms with Gasteiger partial charge in [-0.3, -0.25) is 29.7 Å². The number of aromatic hydroxyl groups is 1. The number of ether oxygens (including phenoxy) is 1. The molecule has 3 atom stereocenters. The van der Waals surface area contributed by atoms with Crippen LogP contribution in [-0.4, -0.2) is 118 Å². The predicted molar refractivity (Wildman–Crippen MR) is 247 cm³/mol. The number of anilines is 2. The molecule has 66 heavy (non-hydrogen) atoms. The minimum atomic E-state index is -0.752. The molecule has 10 rings (SSSR count). The highest BCUT2D eigenvalue weighted by Crippen LogP contribution is 2.40. The quantitative estimate of drug-likeness (QED) is 0.117. The van der Waals surface area contributed by atoms with Crippen LogP contribution in [0.3, 0.4) is 0 Å². The lowest BCUT2D eigenvalue weighted by atomic mass is 9.91. The lowest BCUT2D eigenvalue weighted by Crippen LogP contribution is -2.51. The van der Waals surface area contributed by atoms with Crippen LogP contribution in [0.25, 0.3) is 32.9 Å². The smallest absolute Gasteiger partial charge is 0.328 e. The second kappa shape index (κ2) is 18.3. The number of halogens is 3. The predicted octanol–water partition coefficient (Wildman–Crippen LogP) is 7.03. The summed E-state index contributed by atoms with van der Waals surface area (Å²) < 4.78 is 38.5. The van der Waals surface area contributed by atoms with E-state index in [0.717, 1.165) is 64.5 Å². The number of likely N-dealkylation sites (tertiary alicyclic amines) is 2. The summed E-state index contributed by atoms with van der Waals surface area (Å²) in [6, 6.07) is 10.6. The summed E-state index contributed by atoms with van der Waals surface area (Å²) >= 11 is 6.42. The zero-order chi connectivity index (χ0) is 45.6. The van der Waals surface area contributed by atoms with Gasteiger partial charge in [0.25, 0.3) is 5.91 Å². The normalized spacial score (nSPS) is 21.5. The van der Waals surface area contributed by atoms with Crippen LogP contribution in [0.1, 0.15) is 73.7 Å². The van der Waals surface area contributed by atoms with Crippen molar-refractivity contribution in [2.75, 3.05) is 62.2 Å². The maximum absolute atomic E-state index is 17.1. The number of imide groups is 1. The van der Waals surface area contributed by atoms with Gasteiger partial charge in [0.15, 0.2) is 5.82 Å². The van der Waals surface area contributed by atoms with Gasteiger partial charge in [-0.25, -0.2) is 13.6 Å². The minimum Gasteiger partial charge on any atom is -0.508 e. The molecule has 3 aromatic carbocycles. The number of phenols is 1. The number of benzene rings is 3. The van der Waals surface area contributed by atoms with Gasteiger partial charge in [-0.2, -0.15) is 9.97 Å². The van der Waals surface area contributed by atoms with E-state index in [2.05, 4.69) is 36.3 Å². The van der Waals surface area contributed by atoms with Gasteiger partial charge in [0.2, 0.25) is 5.91 Å². The summed E-state index contributed by atoms with van der Waals surface area (Å²) in [6.45, 7) is 5.00. The van der Waals surface area contributed by atoms with Crippen molar-refractivity contribution in [3.05, 3.63) is 76.4 Å². The first-order valence-electron chi connectivity index (χ1n) is 22.9. The van der Waals surface area contributed by atoms with E-state index in [9.17, 15) is 19.5 Å². The maximum Gasteiger partial charge on any atom is 0.328 e. The van der Waals surface area contributed by atoms with Crippen LogP contribution in [0.4, 0.5) is 25.1 Å². The average Bonchev–Trinajstić information content (AvgIpc) is 3.92. The van der Waals surface area contributed by atoms with Crippen molar-refractivity contribution >= 4 is 62.6 Å². The molecule has 5 aliphatic rings. The van der Waals surface area contributed by atoms with Crippen LogP contribution in [0, 0.1) is 29.9 Å². The molecule has 17 heteroatoms. The summed E-state index contributed by atoms with van der Waals surface area (Å²) in [5.41, 5.74) is 0.848. The van der Waals surface area contributed by atoms with Crippen molar-refractivity contribution in [3.63, 3.8) is 0 Å². The highest BCUT2D eigenvalue weighted by Gasteiger charge is 2.35. The highest BCUT2D eigenvalue weighted by atomic mass is 35.5. The summed E-state index contributed by atoms with van der Waals surface area (Å²) in [5.74, 6) is 1.44. The fraction of sp³-hybridized carbons (Fsp3) is 0.429. The minimum absolute atomic E-state index is 0.0141. The van der Waals surface area contributed by atoms with Crippen molar-refractivity contribution in [3.8, 4) is 35.4 Å². The molecule has 0 saturated carbocycles. The Bertz CT molecular complexity index is 2790. The number of fused-ring (bicyclic) bond motifs is 4. The third kappa shape index (κ3) is 8.55. The number of terminal acetylenes is 1. The van der Waals surface area contributed by atoms with Crippen molar-refractivity contribution in [2.24, 2.45) is 5.92 Å². The van der Waals surface area contributed by atoms with E-state index >= 15 is 8.78 Å². The molecule has 0 spiro atoms. The fourth-order valence-electron chi connectivity index (χ4n) is 10.6. The molecule has 0 radical (unpaired) electrons. The third-order valence-corrected chi connectivity index (χ3v) is 14.3. The van der Waals surface area contributed by atoms with Crippen LogP contribution in [0.15, 0.2) is 48.7 Å². The largest absolute Gasteiger partial charge is 0.508 e. The topological polar surface area (TPSA) is 156 Å². The third-order valence-electron chi connectivity index (χ3n) is 14.0. The number of amides is 4. The van der Waals surface area contributed by atoms with E-state index in [1.54, 1.807) is 24.4 Å². The number of carbonyl (C=O) groups excluding carboxylic acids is 3. The number of hydrogen-bond acceptors (Lipinski definition) is 11. The second-order valence-electron chi connectivity index (χ2n) is 18.2. The van der Waals surface area contributed by atoms with Gasteiger partial charge in [-0.15, -0.1) is 6.42 Å². The molecule has 2 unspecified atom stereocenters. The Balaban J connectivity index is 0.805. The van der Waals surface area contributed by atoms with Gasteiger partial charge in [-0.05, 0) is 112 Å². The van der Waals surface area contributed by atoms with Gasteiger partial charge in [0.1, 0.15) is 35.2 Å². The van der Waals surface area contributed by atoms with Crippen LogP contribution >= 0.6 is 11.6 Å². The van der Waals surface area contributed by atoms with Gasteiger partial charge < -0.3 is 25.0 Å². The number of rotatable bonds is 11. The monoisotopic (exact) mass is 917 g/mol. The number of phenolic OH excluding ortho intramolecular Hbond substituents is 1. The van der Waals surface area contributed by atoms with E-state index in [1.807, 2.05) is 4.90 Å². The molecule has 5 saturated heterocycles. The molecule has 14 nitrogen and oxygen atoms in total. The Morgan fingerprint density at radius 1 is 0.985 bits per heavy atom. The molecular weight excluding hydrogens is 868 g/mol. The van der Waals surface area contributed by atoms with Gasteiger partial charge in [-0.1, -0.05) is 23.6 Å². The molecule has 4 amide bonds. The summed E-state index contributed by atoms with van der Waals surface area (Å²) in [7, 11) is 0. The number of nitrogens with zero attached hydrogens (tertiary/aromatic N) is 7. The van der Waals surface area contributed by atoms with Crippen LogP contribution in [0.5, 0.6) is 11.8 Å². The Labute approximate surface area is 385 Å². The maximum atomic E-state index is 17.1. The van der Waals surface area contributed by atoms with Crippen LogP contribution in [0.2, 0.25) is 5.02 Å². The Morgan fingerprint density at radius 3 is 2.56 bits per heavy atom. The van der Waals surface area contributed by atoms with E-state index in [1.165, 1.54) is 29.2 Å². The number of hydrogen-bond donors (Lipinski definition) is 3. The molecule has 5 aromatic rings. The lowest BCUT2D eigenvalue weighted by molar-refractivity contribution is -0.120. The molecule has 5 fully saturated rings. The average molecular weight is 918 g/mol. The molecular formula is C49H50ClF2N9O5. The van der Waals surface area contributed by atoms with E-state index in [4.69, 9.17) is 27.7 Å². The number of carbonyl (C=O) groups is 3. The number of urea groups is 1. The SMILES string of the molecule is C#Cc1c(F)ccc2cc(O)cc(-c3ncc4c(N5CC6CCC(C5)N6)nc(OC[C@@H]5CCCN5CCCC5CCN(C(=O)c6ccc(Cl)c(N7CCC(=O)NC7=O)c6)CC5)nc4c3F)c12. The van der Waals surface area contributed by atoms with Gasteiger partial charge in [0.05, 0.1) is 21.7 Å². The van der Waals surface area contributed by atoms with E-state index < -0.39 is 17.7 Å². The zero-order valence-electron chi connectivity index (χ0n) is 36.4. The number of aromatic nitrogens is 3. The molecule has 5 aliphatic heterocycles. The number of piperidine rings is 1. The van der Waals surface area contributed by atoms with Crippen molar-refractivity contribution in [1.82, 2.24) is 35.4 Å². The van der Waals surface area contributed by atoms with E-state index in [0.29, 0.717) is 71.6 Å².